The van der Waals surface area contributed by atoms with Gasteiger partial charge >= 0.3 is 11.8 Å². The second-order valence-corrected chi connectivity index (χ2v) is 7.23. The molecule has 2 aromatic carbocycles. The lowest BCUT2D eigenvalue weighted by Crippen LogP contribution is -2.36. The number of aryl methyl sites for hydroxylation is 1. The van der Waals surface area contributed by atoms with E-state index < -0.39 is 11.8 Å². The van der Waals surface area contributed by atoms with Crippen LogP contribution in [-0.4, -0.2) is 38.6 Å². The molecule has 0 aliphatic carbocycles. The average molecular weight is 396 g/mol. The lowest BCUT2D eigenvalue weighted by Gasteiger charge is -2.28. The van der Waals surface area contributed by atoms with Crippen molar-refractivity contribution in [2.45, 2.75) is 32.1 Å². The fraction of sp³-hybridized carbons (Fsp3) is 0.391. The molecule has 2 aromatic rings. The number of ether oxygens (including phenoxy) is 1. The lowest BCUT2D eigenvalue weighted by atomic mass is 10.1. The van der Waals surface area contributed by atoms with Crippen LogP contribution in [0, 0.1) is 0 Å². The number of amides is 2. The van der Waals surface area contributed by atoms with Gasteiger partial charge in [-0.2, -0.15) is 0 Å². The summed E-state index contributed by atoms with van der Waals surface area (Å²) in [5.74, 6) is -0.821. The van der Waals surface area contributed by atoms with Crippen molar-refractivity contribution >= 4 is 23.2 Å². The van der Waals surface area contributed by atoms with Crippen LogP contribution in [-0.2, 0) is 16.0 Å². The van der Waals surface area contributed by atoms with E-state index in [1.165, 1.54) is 37.6 Å². The molecule has 1 saturated heterocycles. The Morgan fingerprint density at radius 3 is 2.41 bits per heavy atom. The zero-order valence-corrected chi connectivity index (χ0v) is 16.9. The summed E-state index contributed by atoms with van der Waals surface area (Å²) in [6.07, 6.45) is 5.50. The molecular formula is C23H29N3O3. The van der Waals surface area contributed by atoms with Gasteiger partial charge in [0.05, 0.1) is 12.8 Å². The monoisotopic (exact) mass is 395 g/mol. The number of hydrogen-bond donors (Lipinski definition) is 2. The zero-order chi connectivity index (χ0) is 20.5. The standard InChI is InChI=1S/C23H29N3O3/c1-29-21-10-4-3-9-20(21)25-23(28)22(27)24-15-7-8-18-11-13-19(14-12-18)26-16-5-2-6-17-26/h3-4,9-14H,2,5-8,15-17H2,1H3,(H,24,27)(H,25,28). The van der Waals surface area contributed by atoms with Gasteiger partial charge in [-0.25, -0.2) is 0 Å². The zero-order valence-electron chi connectivity index (χ0n) is 16.9. The molecule has 2 amide bonds. The largest absolute Gasteiger partial charge is 0.495 e. The summed E-state index contributed by atoms with van der Waals surface area (Å²) in [5.41, 5.74) is 3.00. The summed E-state index contributed by atoms with van der Waals surface area (Å²) in [5, 5.41) is 5.25. The van der Waals surface area contributed by atoms with Crippen molar-refractivity contribution in [3.05, 3.63) is 54.1 Å². The first-order chi connectivity index (χ1) is 14.2. The van der Waals surface area contributed by atoms with Crippen LogP contribution in [0.15, 0.2) is 48.5 Å². The van der Waals surface area contributed by atoms with Crippen LogP contribution in [0.25, 0.3) is 0 Å². The number of rotatable bonds is 7. The molecule has 0 radical (unpaired) electrons. The minimum absolute atomic E-state index is 0.450. The molecule has 0 saturated carbocycles. The number of carbonyl (C=O) groups is 2. The molecule has 29 heavy (non-hydrogen) atoms. The van der Waals surface area contributed by atoms with Crippen molar-refractivity contribution in [3.63, 3.8) is 0 Å². The Balaban J connectivity index is 1.39. The summed E-state index contributed by atoms with van der Waals surface area (Å²) in [6, 6.07) is 15.7. The number of nitrogens with one attached hydrogen (secondary N) is 2. The first-order valence-electron chi connectivity index (χ1n) is 10.2. The van der Waals surface area contributed by atoms with E-state index >= 15 is 0 Å². The molecule has 0 unspecified atom stereocenters. The second-order valence-electron chi connectivity index (χ2n) is 7.23. The van der Waals surface area contributed by atoms with E-state index in [0.717, 1.165) is 25.9 Å². The molecule has 2 N–H and O–H groups in total. The molecule has 0 spiro atoms. The Kier molecular flexibility index (Phi) is 7.50. The molecule has 154 valence electrons. The van der Waals surface area contributed by atoms with E-state index in [0.29, 0.717) is 18.0 Å². The third-order valence-corrected chi connectivity index (χ3v) is 5.15. The van der Waals surface area contributed by atoms with Crippen molar-refractivity contribution < 1.29 is 14.3 Å². The summed E-state index contributed by atoms with van der Waals surface area (Å²) >= 11 is 0. The minimum atomic E-state index is -0.694. The average Bonchev–Trinajstić information content (AvgIpc) is 2.78. The normalized spacial score (nSPS) is 13.6. The Morgan fingerprint density at radius 2 is 1.69 bits per heavy atom. The molecule has 3 rings (SSSR count). The van der Waals surface area contributed by atoms with Crippen molar-refractivity contribution in [2.24, 2.45) is 0 Å². The molecule has 0 bridgehead atoms. The van der Waals surface area contributed by atoms with E-state index in [1.807, 2.05) is 0 Å². The van der Waals surface area contributed by atoms with E-state index in [-0.39, 0.29) is 0 Å². The molecule has 0 atom stereocenters. The molecule has 1 heterocycles. The highest BCUT2D eigenvalue weighted by Gasteiger charge is 2.15. The van der Waals surface area contributed by atoms with Crippen LogP contribution in [0.2, 0.25) is 0 Å². The lowest BCUT2D eigenvalue weighted by molar-refractivity contribution is -0.136. The van der Waals surface area contributed by atoms with E-state index in [9.17, 15) is 9.59 Å². The SMILES string of the molecule is COc1ccccc1NC(=O)C(=O)NCCCc1ccc(N2CCCCC2)cc1. The van der Waals surface area contributed by atoms with Crippen LogP contribution in [0.4, 0.5) is 11.4 Å². The second kappa shape index (κ2) is 10.5. The first-order valence-corrected chi connectivity index (χ1v) is 10.2. The number of piperidine rings is 1. The topological polar surface area (TPSA) is 70.7 Å². The number of anilines is 2. The third kappa shape index (κ3) is 5.98. The summed E-state index contributed by atoms with van der Waals surface area (Å²) in [7, 11) is 1.52. The maximum atomic E-state index is 12.0. The molecule has 1 aliphatic heterocycles. The maximum Gasteiger partial charge on any atom is 0.313 e. The van der Waals surface area contributed by atoms with Crippen LogP contribution in [0.1, 0.15) is 31.2 Å². The van der Waals surface area contributed by atoms with Crippen LogP contribution < -0.4 is 20.3 Å². The van der Waals surface area contributed by atoms with E-state index in [1.54, 1.807) is 24.3 Å². The Bertz CT molecular complexity index is 814. The molecular weight excluding hydrogens is 366 g/mol. The fourth-order valence-electron chi connectivity index (χ4n) is 3.53. The molecule has 6 heteroatoms. The van der Waals surface area contributed by atoms with E-state index in [2.05, 4.69) is 39.8 Å². The number of methoxy groups -OCH3 is 1. The maximum absolute atomic E-state index is 12.0. The molecule has 1 aliphatic rings. The highest BCUT2D eigenvalue weighted by Crippen LogP contribution is 2.23. The predicted molar refractivity (Wildman–Crippen MR) is 115 cm³/mol. The Hall–Kier alpha value is -3.02. The molecule has 6 nitrogen and oxygen atoms in total. The number of carbonyl (C=O) groups excluding carboxylic acids is 2. The highest BCUT2D eigenvalue weighted by atomic mass is 16.5. The van der Waals surface area contributed by atoms with Gasteiger partial charge in [0.15, 0.2) is 0 Å². The number of nitrogens with zero attached hydrogens (tertiary/aromatic N) is 1. The summed E-state index contributed by atoms with van der Waals surface area (Å²) < 4.78 is 5.17. The predicted octanol–water partition coefficient (Wildman–Crippen LogP) is 3.37. The highest BCUT2D eigenvalue weighted by molar-refractivity contribution is 6.39. The number of para-hydroxylation sites is 2. The summed E-state index contributed by atoms with van der Waals surface area (Å²) in [4.78, 5) is 26.5. The fourth-order valence-corrected chi connectivity index (χ4v) is 3.53. The Labute approximate surface area is 172 Å². The number of hydrogen-bond acceptors (Lipinski definition) is 4. The van der Waals surface area contributed by atoms with Crippen molar-refractivity contribution in [1.82, 2.24) is 5.32 Å². The van der Waals surface area contributed by atoms with Crippen molar-refractivity contribution in [1.29, 1.82) is 0 Å². The number of benzene rings is 2. The minimum Gasteiger partial charge on any atom is -0.495 e. The van der Waals surface area contributed by atoms with Gasteiger partial charge in [-0.05, 0) is 61.9 Å². The summed E-state index contributed by atoms with van der Waals surface area (Å²) in [6.45, 7) is 2.73. The van der Waals surface area contributed by atoms with Crippen LogP contribution in [0.3, 0.4) is 0 Å². The van der Waals surface area contributed by atoms with E-state index in [4.69, 9.17) is 4.74 Å². The van der Waals surface area contributed by atoms with Gasteiger partial charge in [0.25, 0.3) is 0 Å². The van der Waals surface area contributed by atoms with Gasteiger partial charge in [0.1, 0.15) is 5.75 Å². The first kappa shape index (κ1) is 20.7. The smallest absolute Gasteiger partial charge is 0.313 e. The Morgan fingerprint density at radius 1 is 0.966 bits per heavy atom. The van der Waals surface area contributed by atoms with Gasteiger partial charge in [0, 0.05) is 25.3 Å². The van der Waals surface area contributed by atoms with Crippen molar-refractivity contribution in [3.8, 4) is 5.75 Å². The van der Waals surface area contributed by atoms with Gasteiger partial charge in [-0.3, -0.25) is 9.59 Å². The quantitative estimate of drug-likeness (QED) is 0.557. The van der Waals surface area contributed by atoms with Gasteiger partial charge in [-0.1, -0.05) is 24.3 Å². The van der Waals surface area contributed by atoms with Gasteiger partial charge < -0.3 is 20.3 Å². The van der Waals surface area contributed by atoms with Gasteiger partial charge in [0.2, 0.25) is 0 Å². The molecule has 1 fully saturated rings. The van der Waals surface area contributed by atoms with Gasteiger partial charge in [-0.15, -0.1) is 0 Å². The third-order valence-electron chi connectivity index (χ3n) is 5.15. The van der Waals surface area contributed by atoms with Crippen molar-refractivity contribution in [2.75, 3.05) is 37.0 Å². The van der Waals surface area contributed by atoms with Crippen LogP contribution in [0.5, 0.6) is 5.75 Å². The van der Waals surface area contributed by atoms with Crippen LogP contribution >= 0.6 is 0 Å². The molecule has 0 aromatic heterocycles.